The van der Waals surface area contributed by atoms with E-state index in [1.54, 1.807) is 24.4 Å². The molecule has 0 saturated heterocycles. The molecule has 0 saturated carbocycles. The number of aryl methyl sites for hydroxylation is 1. The zero-order chi connectivity index (χ0) is 10.1. The third-order valence-corrected chi connectivity index (χ3v) is 2.51. The van der Waals surface area contributed by atoms with Crippen LogP contribution in [0.5, 0.6) is 0 Å². The van der Waals surface area contributed by atoms with Gasteiger partial charge in [-0.1, -0.05) is 6.07 Å². The molecule has 0 aliphatic carbocycles. The summed E-state index contributed by atoms with van der Waals surface area (Å²) in [6.45, 7) is 1.87. The fourth-order valence-corrected chi connectivity index (χ4v) is 1.57. The summed E-state index contributed by atoms with van der Waals surface area (Å²) in [6, 6.07) is 6.96. The van der Waals surface area contributed by atoms with E-state index in [0.29, 0.717) is 10.2 Å². The van der Waals surface area contributed by atoms with Gasteiger partial charge in [0.05, 0.1) is 10.2 Å². The highest BCUT2D eigenvalue weighted by Gasteiger charge is 2.07. The molecule has 0 unspecified atom stereocenters. The third kappa shape index (κ3) is 1.57. The molecule has 0 spiro atoms. The largest absolute Gasteiger partial charge is 0.238 e. The van der Waals surface area contributed by atoms with Crippen LogP contribution in [0.4, 0.5) is 4.39 Å². The van der Waals surface area contributed by atoms with Crippen molar-refractivity contribution in [1.82, 2.24) is 9.78 Å². The summed E-state index contributed by atoms with van der Waals surface area (Å²) in [5.74, 6) is -0.296. The lowest BCUT2D eigenvalue weighted by Crippen LogP contribution is -1.98. The predicted molar refractivity (Wildman–Crippen MR) is 56.0 cm³/mol. The maximum Gasteiger partial charge on any atom is 0.162 e. The van der Waals surface area contributed by atoms with Gasteiger partial charge in [-0.3, -0.25) is 0 Å². The van der Waals surface area contributed by atoms with E-state index in [-0.39, 0.29) is 5.82 Å². The van der Waals surface area contributed by atoms with Crippen molar-refractivity contribution in [3.8, 4) is 5.69 Å². The van der Waals surface area contributed by atoms with Gasteiger partial charge < -0.3 is 0 Å². The molecule has 0 fully saturated rings. The normalized spacial score (nSPS) is 10.5. The second-order valence-corrected chi connectivity index (χ2v) is 3.83. The van der Waals surface area contributed by atoms with Gasteiger partial charge in [-0.05, 0) is 41.1 Å². The molecule has 1 heterocycles. The minimum absolute atomic E-state index is 0.296. The second-order valence-electron chi connectivity index (χ2n) is 2.97. The topological polar surface area (TPSA) is 17.8 Å². The molecule has 0 radical (unpaired) electrons. The van der Waals surface area contributed by atoms with E-state index in [2.05, 4.69) is 21.0 Å². The molecule has 1 aromatic carbocycles. The summed E-state index contributed by atoms with van der Waals surface area (Å²) >= 11 is 3.13. The smallest absolute Gasteiger partial charge is 0.162 e. The Hall–Kier alpha value is -1.16. The van der Waals surface area contributed by atoms with Crippen LogP contribution in [-0.4, -0.2) is 9.78 Å². The lowest BCUT2D eigenvalue weighted by Gasteiger charge is -2.03. The van der Waals surface area contributed by atoms with Crippen LogP contribution in [0.15, 0.2) is 34.9 Å². The molecular weight excluding hydrogens is 247 g/mol. The minimum Gasteiger partial charge on any atom is -0.238 e. The van der Waals surface area contributed by atoms with Crippen molar-refractivity contribution in [3.63, 3.8) is 0 Å². The summed E-state index contributed by atoms with van der Waals surface area (Å²) in [5.41, 5.74) is 1.32. The van der Waals surface area contributed by atoms with Crippen LogP contribution in [0.3, 0.4) is 0 Å². The van der Waals surface area contributed by atoms with Crippen molar-refractivity contribution >= 4 is 15.9 Å². The number of benzene rings is 1. The Kier molecular flexibility index (Phi) is 2.37. The summed E-state index contributed by atoms with van der Waals surface area (Å²) in [4.78, 5) is 0. The van der Waals surface area contributed by atoms with Crippen LogP contribution in [0.1, 0.15) is 5.69 Å². The van der Waals surface area contributed by atoms with Crippen LogP contribution in [0, 0.1) is 12.7 Å². The van der Waals surface area contributed by atoms with E-state index in [9.17, 15) is 4.39 Å². The lowest BCUT2D eigenvalue weighted by molar-refractivity contribution is 0.604. The van der Waals surface area contributed by atoms with Crippen molar-refractivity contribution < 1.29 is 4.39 Å². The molecule has 2 rings (SSSR count). The number of rotatable bonds is 1. The average molecular weight is 255 g/mol. The Balaban J connectivity index is 2.57. The molecule has 0 amide bonds. The van der Waals surface area contributed by atoms with Gasteiger partial charge in [0.2, 0.25) is 0 Å². The molecule has 2 aromatic rings. The molecule has 0 atom stereocenters. The molecule has 0 aliphatic heterocycles. The maximum absolute atomic E-state index is 13.6. The Morgan fingerprint density at radius 1 is 1.36 bits per heavy atom. The highest BCUT2D eigenvalue weighted by Crippen LogP contribution is 2.21. The number of halogens is 2. The number of hydrogen-bond donors (Lipinski definition) is 0. The van der Waals surface area contributed by atoms with Crippen molar-refractivity contribution in [2.75, 3.05) is 0 Å². The Morgan fingerprint density at radius 2 is 2.14 bits per heavy atom. The van der Waals surface area contributed by atoms with Gasteiger partial charge in [-0.25, -0.2) is 9.07 Å². The van der Waals surface area contributed by atoms with E-state index in [1.807, 2.05) is 13.0 Å². The molecule has 72 valence electrons. The van der Waals surface area contributed by atoms with Crippen LogP contribution < -0.4 is 0 Å². The van der Waals surface area contributed by atoms with Gasteiger partial charge in [0, 0.05) is 6.20 Å². The van der Waals surface area contributed by atoms with Gasteiger partial charge in [0.1, 0.15) is 5.69 Å². The SMILES string of the molecule is Cc1ccn(-c2cccc(Br)c2F)n1. The monoisotopic (exact) mass is 254 g/mol. The predicted octanol–water partition coefficient (Wildman–Crippen LogP) is 3.08. The maximum atomic E-state index is 13.6. The summed E-state index contributed by atoms with van der Waals surface area (Å²) < 4.78 is 15.6. The molecule has 2 nitrogen and oxygen atoms in total. The van der Waals surface area contributed by atoms with Crippen molar-refractivity contribution in [2.24, 2.45) is 0 Å². The van der Waals surface area contributed by atoms with Gasteiger partial charge >= 0.3 is 0 Å². The first-order chi connectivity index (χ1) is 6.68. The zero-order valence-corrected chi connectivity index (χ0v) is 9.12. The Morgan fingerprint density at radius 3 is 2.79 bits per heavy atom. The summed E-state index contributed by atoms with van der Waals surface area (Å²) in [6.07, 6.45) is 1.74. The third-order valence-electron chi connectivity index (χ3n) is 1.90. The quantitative estimate of drug-likeness (QED) is 0.765. The molecule has 0 aliphatic rings. The standard InChI is InChI=1S/C10H8BrFN2/c1-7-5-6-14(13-7)9-4-2-3-8(11)10(9)12/h2-6H,1H3. The first kappa shape index (κ1) is 9.40. The minimum atomic E-state index is -0.296. The van der Waals surface area contributed by atoms with Gasteiger partial charge in [-0.2, -0.15) is 5.10 Å². The number of nitrogens with zero attached hydrogens (tertiary/aromatic N) is 2. The number of hydrogen-bond acceptors (Lipinski definition) is 1. The molecular formula is C10H8BrFN2. The summed E-state index contributed by atoms with van der Waals surface area (Å²) in [7, 11) is 0. The molecule has 4 heteroatoms. The van der Waals surface area contributed by atoms with E-state index in [0.717, 1.165) is 5.69 Å². The van der Waals surface area contributed by atoms with Crippen LogP contribution in [0.25, 0.3) is 5.69 Å². The van der Waals surface area contributed by atoms with Gasteiger partial charge in [0.15, 0.2) is 5.82 Å². The Labute approximate surface area is 89.5 Å². The van der Waals surface area contributed by atoms with Gasteiger partial charge in [-0.15, -0.1) is 0 Å². The Bertz CT molecular complexity index is 465. The molecule has 0 bridgehead atoms. The van der Waals surface area contributed by atoms with Crippen molar-refractivity contribution in [2.45, 2.75) is 6.92 Å². The van der Waals surface area contributed by atoms with Crippen molar-refractivity contribution in [1.29, 1.82) is 0 Å². The van der Waals surface area contributed by atoms with Crippen LogP contribution >= 0.6 is 15.9 Å². The first-order valence-electron chi connectivity index (χ1n) is 4.15. The number of aromatic nitrogens is 2. The van der Waals surface area contributed by atoms with E-state index >= 15 is 0 Å². The highest BCUT2D eigenvalue weighted by molar-refractivity contribution is 9.10. The molecule has 1 aromatic heterocycles. The highest BCUT2D eigenvalue weighted by atomic mass is 79.9. The average Bonchev–Trinajstić information content (AvgIpc) is 2.57. The fourth-order valence-electron chi connectivity index (χ4n) is 1.22. The van der Waals surface area contributed by atoms with E-state index in [4.69, 9.17) is 0 Å². The summed E-state index contributed by atoms with van der Waals surface area (Å²) in [5, 5.41) is 4.14. The molecule has 14 heavy (non-hydrogen) atoms. The zero-order valence-electron chi connectivity index (χ0n) is 7.54. The van der Waals surface area contributed by atoms with E-state index in [1.165, 1.54) is 4.68 Å². The van der Waals surface area contributed by atoms with Gasteiger partial charge in [0.25, 0.3) is 0 Å². The van der Waals surface area contributed by atoms with Crippen LogP contribution in [-0.2, 0) is 0 Å². The first-order valence-corrected chi connectivity index (χ1v) is 4.94. The lowest BCUT2D eigenvalue weighted by atomic mass is 10.3. The van der Waals surface area contributed by atoms with Crippen LogP contribution in [0.2, 0.25) is 0 Å². The van der Waals surface area contributed by atoms with E-state index < -0.39 is 0 Å². The van der Waals surface area contributed by atoms with Crippen molar-refractivity contribution in [3.05, 3.63) is 46.4 Å². The fraction of sp³-hybridized carbons (Fsp3) is 0.100. The second kappa shape index (κ2) is 3.53. The molecule has 0 N–H and O–H groups in total.